The maximum atomic E-state index is 5.49. The zero-order chi connectivity index (χ0) is 20.5. The van der Waals surface area contributed by atoms with Crippen LogP contribution in [0.1, 0.15) is 22.9 Å². The van der Waals surface area contributed by atoms with Crippen LogP contribution in [0.4, 0.5) is 0 Å². The standard InChI is InChI=1S/C26H26N2O2.ClH/c1-29-24-11-8-17(15-25(24)30-2)14-23-26-20(12-13-27-23)21-16-19(9-10-22(21)28-26)18-6-4-3-5-7-18;/h3-11,15-16,23,27-28H,12-14H2,1-2H3;1H. The minimum absolute atomic E-state index is 0. The Kier molecular flexibility index (Phi) is 6.21. The lowest BCUT2D eigenvalue weighted by molar-refractivity contribution is 0.354. The molecule has 0 fully saturated rings. The number of H-pyrrole nitrogens is 1. The molecule has 0 aliphatic carbocycles. The lowest BCUT2D eigenvalue weighted by Gasteiger charge is -2.25. The van der Waals surface area contributed by atoms with Gasteiger partial charge in [-0.05, 0) is 65.9 Å². The van der Waals surface area contributed by atoms with Gasteiger partial charge in [0.2, 0.25) is 0 Å². The quantitative estimate of drug-likeness (QED) is 0.423. The predicted molar refractivity (Wildman–Crippen MR) is 129 cm³/mol. The third kappa shape index (κ3) is 4.01. The average molecular weight is 435 g/mol. The summed E-state index contributed by atoms with van der Waals surface area (Å²) >= 11 is 0. The Hall–Kier alpha value is -2.95. The molecule has 1 unspecified atom stereocenters. The molecule has 3 aromatic carbocycles. The van der Waals surface area contributed by atoms with Crippen LogP contribution in [0.2, 0.25) is 0 Å². The van der Waals surface area contributed by atoms with Crippen LogP contribution >= 0.6 is 12.4 Å². The molecule has 2 N–H and O–H groups in total. The topological polar surface area (TPSA) is 46.3 Å². The number of rotatable bonds is 5. The van der Waals surface area contributed by atoms with Crippen LogP contribution < -0.4 is 14.8 Å². The molecule has 4 nitrogen and oxygen atoms in total. The molecular formula is C26H27ClN2O2. The summed E-state index contributed by atoms with van der Waals surface area (Å²) in [6.45, 7) is 0.980. The van der Waals surface area contributed by atoms with Gasteiger partial charge in [0.15, 0.2) is 11.5 Å². The van der Waals surface area contributed by atoms with Crippen molar-refractivity contribution in [2.45, 2.75) is 18.9 Å². The highest BCUT2D eigenvalue weighted by Gasteiger charge is 2.24. The molecule has 0 saturated carbocycles. The Bertz CT molecular complexity index is 1190. The zero-order valence-corrected chi connectivity index (χ0v) is 18.6. The van der Waals surface area contributed by atoms with Gasteiger partial charge in [-0.1, -0.05) is 42.5 Å². The summed E-state index contributed by atoms with van der Waals surface area (Å²) in [4.78, 5) is 3.70. The molecule has 1 aliphatic rings. The maximum Gasteiger partial charge on any atom is 0.160 e. The van der Waals surface area contributed by atoms with E-state index in [0.717, 1.165) is 30.9 Å². The average Bonchev–Trinajstić information content (AvgIpc) is 3.18. The molecule has 0 radical (unpaired) electrons. The molecule has 5 rings (SSSR count). The third-order valence-corrected chi connectivity index (χ3v) is 6.05. The van der Waals surface area contributed by atoms with Crippen molar-refractivity contribution in [1.82, 2.24) is 10.3 Å². The van der Waals surface area contributed by atoms with Crippen molar-refractivity contribution in [2.75, 3.05) is 20.8 Å². The van der Waals surface area contributed by atoms with E-state index in [0.29, 0.717) is 0 Å². The van der Waals surface area contributed by atoms with Crippen LogP contribution in [0, 0.1) is 0 Å². The molecular weight excluding hydrogens is 408 g/mol. The number of hydrogen-bond acceptors (Lipinski definition) is 3. The highest BCUT2D eigenvalue weighted by atomic mass is 35.5. The zero-order valence-electron chi connectivity index (χ0n) is 17.8. The number of aromatic amines is 1. The summed E-state index contributed by atoms with van der Waals surface area (Å²) in [5, 5.41) is 5.03. The monoisotopic (exact) mass is 434 g/mol. The van der Waals surface area contributed by atoms with Crippen molar-refractivity contribution in [3.8, 4) is 22.6 Å². The highest BCUT2D eigenvalue weighted by Crippen LogP contribution is 2.35. The van der Waals surface area contributed by atoms with Crippen LogP contribution in [0.25, 0.3) is 22.0 Å². The molecule has 0 bridgehead atoms. The van der Waals surface area contributed by atoms with Gasteiger partial charge in [-0.3, -0.25) is 0 Å². The van der Waals surface area contributed by atoms with E-state index in [1.807, 2.05) is 6.07 Å². The number of nitrogens with one attached hydrogen (secondary N) is 2. The number of methoxy groups -OCH3 is 2. The van der Waals surface area contributed by atoms with Crippen LogP contribution in [0.3, 0.4) is 0 Å². The number of halogens is 1. The van der Waals surface area contributed by atoms with Crippen molar-refractivity contribution in [3.63, 3.8) is 0 Å². The van der Waals surface area contributed by atoms with Gasteiger partial charge >= 0.3 is 0 Å². The first-order valence-electron chi connectivity index (χ1n) is 10.4. The summed E-state index contributed by atoms with van der Waals surface area (Å²) in [6, 6.07) is 23.8. The molecule has 5 heteroatoms. The van der Waals surface area contributed by atoms with Gasteiger partial charge in [-0.15, -0.1) is 12.4 Å². The highest BCUT2D eigenvalue weighted by molar-refractivity contribution is 5.89. The van der Waals surface area contributed by atoms with Crippen LogP contribution in [0.5, 0.6) is 11.5 Å². The largest absolute Gasteiger partial charge is 0.493 e. The van der Waals surface area contributed by atoms with E-state index in [9.17, 15) is 0 Å². The summed E-state index contributed by atoms with van der Waals surface area (Å²) in [6.07, 6.45) is 1.93. The fourth-order valence-electron chi connectivity index (χ4n) is 4.54. The molecule has 0 saturated heterocycles. The lowest BCUT2D eigenvalue weighted by Crippen LogP contribution is -2.31. The van der Waals surface area contributed by atoms with E-state index < -0.39 is 0 Å². The van der Waals surface area contributed by atoms with Gasteiger partial charge in [-0.25, -0.2) is 0 Å². The van der Waals surface area contributed by atoms with Gasteiger partial charge in [0.25, 0.3) is 0 Å². The Balaban J connectivity index is 0.00000231. The first-order valence-corrected chi connectivity index (χ1v) is 10.4. The molecule has 1 atom stereocenters. The van der Waals surface area contributed by atoms with Crippen molar-refractivity contribution in [2.24, 2.45) is 0 Å². The minimum Gasteiger partial charge on any atom is -0.493 e. The number of aromatic nitrogens is 1. The number of ether oxygens (including phenoxy) is 2. The SMILES string of the molecule is COc1ccc(CC2NCCc3c2[nH]c2ccc(-c4ccccc4)cc32)cc1OC.Cl. The first-order chi connectivity index (χ1) is 14.8. The van der Waals surface area contributed by atoms with Gasteiger partial charge in [-0.2, -0.15) is 0 Å². The van der Waals surface area contributed by atoms with Crippen molar-refractivity contribution < 1.29 is 9.47 Å². The third-order valence-electron chi connectivity index (χ3n) is 6.05. The first kappa shape index (κ1) is 21.3. The van der Waals surface area contributed by atoms with Crippen LogP contribution in [-0.4, -0.2) is 25.7 Å². The van der Waals surface area contributed by atoms with E-state index in [2.05, 4.69) is 71.0 Å². The Morgan fingerprint density at radius 2 is 1.68 bits per heavy atom. The van der Waals surface area contributed by atoms with Gasteiger partial charge < -0.3 is 19.8 Å². The fourth-order valence-corrected chi connectivity index (χ4v) is 4.54. The molecule has 31 heavy (non-hydrogen) atoms. The van der Waals surface area contributed by atoms with Crippen LogP contribution in [-0.2, 0) is 12.8 Å². The summed E-state index contributed by atoms with van der Waals surface area (Å²) in [5.74, 6) is 1.53. The van der Waals surface area contributed by atoms with Crippen LogP contribution in [0.15, 0.2) is 66.7 Å². The van der Waals surface area contributed by atoms with E-state index in [4.69, 9.17) is 9.47 Å². The van der Waals surface area contributed by atoms with Gasteiger partial charge in [0.05, 0.1) is 20.3 Å². The van der Waals surface area contributed by atoms with Gasteiger partial charge in [0.1, 0.15) is 0 Å². The Labute approximate surface area is 189 Å². The second kappa shape index (κ2) is 9.04. The summed E-state index contributed by atoms with van der Waals surface area (Å²) in [5.41, 5.74) is 7.69. The van der Waals surface area contributed by atoms with Crippen molar-refractivity contribution in [1.29, 1.82) is 0 Å². The van der Waals surface area contributed by atoms with Gasteiger partial charge in [0, 0.05) is 16.6 Å². The summed E-state index contributed by atoms with van der Waals surface area (Å²) in [7, 11) is 3.35. The fraction of sp³-hybridized carbons (Fsp3) is 0.231. The summed E-state index contributed by atoms with van der Waals surface area (Å²) < 4.78 is 10.9. The lowest BCUT2D eigenvalue weighted by atomic mass is 9.93. The minimum atomic E-state index is 0. The molecule has 160 valence electrons. The molecule has 0 spiro atoms. The molecule has 4 aromatic rings. The second-order valence-electron chi connectivity index (χ2n) is 7.79. The Morgan fingerprint density at radius 3 is 2.45 bits per heavy atom. The normalized spacial score (nSPS) is 15.2. The second-order valence-corrected chi connectivity index (χ2v) is 7.79. The van der Waals surface area contributed by atoms with Crippen molar-refractivity contribution >= 4 is 23.3 Å². The molecule has 1 aromatic heterocycles. The molecule has 0 amide bonds. The van der Waals surface area contributed by atoms with E-state index in [-0.39, 0.29) is 18.4 Å². The van der Waals surface area contributed by atoms with E-state index in [1.54, 1.807) is 14.2 Å². The molecule has 2 heterocycles. The number of benzene rings is 3. The maximum absolute atomic E-state index is 5.49. The smallest absolute Gasteiger partial charge is 0.160 e. The number of hydrogen-bond donors (Lipinski definition) is 2. The Morgan fingerprint density at radius 1 is 0.871 bits per heavy atom. The van der Waals surface area contributed by atoms with Crippen molar-refractivity contribution in [3.05, 3.63) is 83.6 Å². The predicted octanol–water partition coefficient (Wildman–Crippen LogP) is 5.70. The molecule has 1 aliphatic heterocycles. The van der Waals surface area contributed by atoms with E-state index >= 15 is 0 Å². The van der Waals surface area contributed by atoms with E-state index in [1.165, 1.54) is 38.9 Å². The number of fused-ring (bicyclic) bond motifs is 3.